The molecular weight excluding hydrogens is 356 g/mol. The number of ether oxygens (including phenoxy) is 1. The first kappa shape index (κ1) is 19.2. The van der Waals surface area contributed by atoms with Crippen molar-refractivity contribution >= 4 is 27.5 Å². The van der Waals surface area contributed by atoms with Crippen LogP contribution in [0.4, 0.5) is 0 Å². The van der Waals surface area contributed by atoms with Gasteiger partial charge in [0.15, 0.2) is 0 Å². The molecule has 0 heterocycles. The van der Waals surface area contributed by atoms with Crippen LogP contribution in [0.15, 0.2) is 84.9 Å². The van der Waals surface area contributed by atoms with Gasteiger partial charge in [-0.05, 0) is 59.5 Å². The summed E-state index contributed by atoms with van der Waals surface area (Å²) in [6, 6.07) is 29.3. The first-order valence-corrected chi connectivity index (χ1v) is 10.1. The lowest BCUT2D eigenvalue weighted by Crippen LogP contribution is -2.25. The van der Waals surface area contributed by atoms with Crippen molar-refractivity contribution in [3.05, 3.63) is 96.1 Å². The van der Waals surface area contributed by atoms with Gasteiger partial charge in [0.2, 0.25) is 0 Å². The highest BCUT2D eigenvalue weighted by Gasteiger charge is 2.27. The average Bonchev–Trinajstić information content (AvgIpc) is 2.72. The van der Waals surface area contributed by atoms with Gasteiger partial charge in [0, 0.05) is 6.42 Å². The molecule has 29 heavy (non-hydrogen) atoms. The number of benzene rings is 4. The number of fused-ring (bicyclic) bond motifs is 2. The predicted molar refractivity (Wildman–Crippen MR) is 120 cm³/mol. The third-order valence-corrected chi connectivity index (χ3v) is 5.24. The van der Waals surface area contributed by atoms with E-state index in [1.165, 1.54) is 16.2 Å². The molecule has 0 fully saturated rings. The molecule has 146 valence electrons. The van der Waals surface area contributed by atoms with Gasteiger partial charge in [-0.15, -0.1) is 0 Å². The highest BCUT2D eigenvalue weighted by atomic mass is 16.5. The zero-order valence-corrected chi connectivity index (χ0v) is 17.2. The zero-order chi connectivity index (χ0) is 20.4. The fourth-order valence-corrected chi connectivity index (χ4v) is 3.52. The van der Waals surface area contributed by atoms with Crippen LogP contribution in [0.25, 0.3) is 21.5 Å². The molecule has 0 amide bonds. The highest BCUT2D eigenvalue weighted by Crippen LogP contribution is 2.30. The van der Waals surface area contributed by atoms with E-state index in [0.29, 0.717) is 6.42 Å². The smallest absolute Gasteiger partial charge is 0.311 e. The molecule has 0 spiro atoms. The van der Waals surface area contributed by atoms with E-state index in [1.54, 1.807) is 0 Å². The monoisotopic (exact) mass is 382 g/mol. The van der Waals surface area contributed by atoms with E-state index >= 15 is 0 Å². The first-order valence-electron chi connectivity index (χ1n) is 10.1. The fourth-order valence-electron chi connectivity index (χ4n) is 3.52. The Hall–Kier alpha value is -3.13. The van der Waals surface area contributed by atoms with E-state index in [2.05, 4.69) is 60.7 Å². The Morgan fingerprint density at radius 2 is 1.31 bits per heavy atom. The number of esters is 1. The average molecular weight is 383 g/mol. The van der Waals surface area contributed by atoms with Gasteiger partial charge < -0.3 is 4.74 Å². The summed E-state index contributed by atoms with van der Waals surface area (Å²) in [6.07, 6.45) is 0.317. The fraction of sp³-hybridized carbons (Fsp3) is 0.222. The maximum atomic E-state index is 12.7. The lowest BCUT2D eigenvalue weighted by Gasteiger charge is -2.24. The Morgan fingerprint density at radius 1 is 0.759 bits per heavy atom. The van der Waals surface area contributed by atoms with E-state index in [9.17, 15) is 4.79 Å². The summed E-state index contributed by atoms with van der Waals surface area (Å²) in [5.74, 6) is -0.184. The highest BCUT2D eigenvalue weighted by molar-refractivity contribution is 5.84. The molecule has 4 aromatic rings. The third-order valence-electron chi connectivity index (χ3n) is 5.24. The quantitative estimate of drug-likeness (QED) is 0.360. The molecule has 1 unspecified atom stereocenters. The predicted octanol–water partition coefficient (Wildman–Crippen LogP) is 6.87. The zero-order valence-electron chi connectivity index (χ0n) is 17.2. The van der Waals surface area contributed by atoms with Crippen molar-refractivity contribution in [2.24, 2.45) is 5.41 Å². The lowest BCUT2D eigenvalue weighted by atomic mass is 9.95. The van der Waals surface area contributed by atoms with Crippen molar-refractivity contribution in [3.63, 3.8) is 0 Å². The number of carbonyl (C=O) groups excluding carboxylic acids is 1. The summed E-state index contributed by atoms with van der Waals surface area (Å²) < 4.78 is 6.03. The second-order valence-electron chi connectivity index (χ2n) is 8.64. The van der Waals surface area contributed by atoms with Crippen molar-refractivity contribution in [1.29, 1.82) is 0 Å². The molecule has 2 heteroatoms. The molecule has 0 saturated carbocycles. The summed E-state index contributed by atoms with van der Waals surface area (Å²) >= 11 is 0. The summed E-state index contributed by atoms with van der Waals surface area (Å²) in [5.41, 5.74) is 1.64. The van der Waals surface area contributed by atoms with Crippen LogP contribution in [0.2, 0.25) is 0 Å². The van der Waals surface area contributed by atoms with E-state index in [-0.39, 0.29) is 12.1 Å². The van der Waals surface area contributed by atoms with Gasteiger partial charge in [-0.3, -0.25) is 4.79 Å². The van der Waals surface area contributed by atoms with Gasteiger partial charge in [0.1, 0.15) is 6.10 Å². The van der Waals surface area contributed by atoms with Gasteiger partial charge >= 0.3 is 5.97 Å². The minimum Gasteiger partial charge on any atom is -0.457 e. The van der Waals surface area contributed by atoms with Crippen LogP contribution >= 0.6 is 0 Å². The number of carbonyl (C=O) groups is 1. The molecule has 1 atom stereocenters. The van der Waals surface area contributed by atoms with Crippen LogP contribution in [0.5, 0.6) is 0 Å². The lowest BCUT2D eigenvalue weighted by molar-refractivity contribution is -0.159. The molecule has 4 aromatic carbocycles. The maximum absolute atomic E-state index is 12.7. The molecule has 0 radical (unpaired) electrons. The van der Waals surface area contributed by atoms with Crippen molar-refractivity contribution in [2.45, 2.75) is 33.3 Å². The van der Waals surface area contributed by atoms with Crippen LogP contribution in [0.3, 0.4) is 0 Å². The van der Waals surface area contributed by atoms with Crippen LogP contribution in [0.1, 0.15) is 38.0 Å². The number of hydrogen-bond acceptors (Lipinski definition) is 2. The summed E-state index contributed by atoms with van der Waals surface area (Å²) in [6.45, 7) is 5.68. The standard InChI is InChI=1S/C27H26O2/c1-27(2,3)26(28)29-25(24-15-14-21-9-5-7-11-23(21)18-24)17-19-12-13-20-8-4-6-10-22(20)16-19/h4-16,18,25H,17H2,1-3H3. The molecule has 0 bridgehead atoms. The van der Waals surface area contributed by atoms with Gasteiger partial charge in [0.25, 0.3) is 0 Å². The van der Waals surface area contributed by atoms with E-state index in [1.807, 2.05) is 45.0 Å². The molecule has 0 N–H and O–H groups in total. The molecule has 0 saturated heterocycles. The van der Waals surface area contributed by atoms with Gasteiger partial charge in [0.05, 0.1) is 5.41 Å². The molecule has 2 nitrogen and oxygen atoms in total. The Morgan fingerprint density at radius 3 is 1.93 bits per heavy atom. The second-order valence-corrected chi connectivity index (χ2v) is 8.64. The Labute approximate surface area is 172 Å². The van der Waals surface area contributed by atoms with Gasteiger partial charge in [-0.25, -0.2) is 0 Å². The Balaban J connectivity index is 1.70. The van der Waals surface area contributed by atoms with Crippen LogP contribution in [0, 0.1) is 5.41 Å². The van der Waals surface area contributed by atoms with E-state index < -0.39 is 5.41 Å². The van der Waals surface area contributed by atoms with Crippen LogP contribution < -0.4 is 0 Å². The summed E-state index contributed by atoms with van der Waals surface area (Å²) in [7, 11) is 0. The normalized spacial score (nSPS) is 12.8. The number of rotatable bonds is 4. The van der Waals surface area contributed by atoms with Crippen molar-refractivity contribution in [2.75, 3.05) is 0 Å². The first-order chi connectivity index (χ1) is 13.9. The van der Waals surface area contributed by atoms with Gasteiger partial charge in [-0.1, -0.05) is 78.9 Å². The molecule has 0 aromatic heterocycles. The van der Waals surface area contributed by atoms with Crippen molar-refractivity contribution in [3.8, 4) is 0 Å². The Bertz CT molecular complexity index is 1170. The van der Waals surface area contributed by atoms with Crippen LogP contribution in [-0.4, -0.2) is 5.97 Å². The molecule has 0 aliphatic rings. The minimum absolute atomic E-state index is 0.184. The van der Waals surface area contributed by atoms with Gasteiger partial charge in [-0.2, -0.15) is 0 Å². The molecule has 0 aliphatic heterocycles. The number of hydrogen-bond donors (Lipinski definition) is 0. The van der Waals surface area contributed by atoms with Crippen LogP contribution in [-0.2, 0) is 16.0 Å². The second kappa shape index (κ2) is 7.71. The van der Waals surface area contributed by atoms with E-state index in [0.717, 1.165) is 16.5 Å². The van der Waals surface area contributed by atoms with Crippen molar-refractivity contribution < 1.29 is 9.53 Å². The summed E-state index contributed by atoms with van der Waals surface area (Å²) in [5, 5.41) is 4.75. The Kier molecular flexibility index (Phi) is 5.10. The maximum Gasteiger partial charge on any atom is 0.311 e. The molecule has 0 aliphatic carbocycles. The molecular formula is C27H26O2. The largest absolute Gasteiger partial charge is 0.457 e. The molecule has 4 rings (SSSR count). The summed E-state index contributed by atoms with van der Waals surface area (Å²) in [4.78, 5) is 12.7. The van der Waals surface area contributed by atoms with Crippen molar-refractivity contribution in [1.82, 2.24) is 0 Å². The van der Waals surface area contributed by atoms with E-state index in [4.69, 9.17) is 4.74 Å². The minimum atomic E-state index is -0.543. The third kappa shape index (κ3) is 4.32. The SMILES string of the molecule is CC(C)(C)C(=O)OC(Cc1ccc2ccccc2c1)c1ccc2ccccc2c1. The topological polar surface area (TPSA) is 26.3 Å².